The van der Waals surface area contributed by atoms with Crippen LogP contribution in [0.2, 0.25) is 0 Å². The van der Waals surface area contributed by atoms with Crippen molar-refractivity contribution in [1.82, 2.24) is 9.97 Å². The Morgan fingerprint density at radius 3 is 2.84 bits per heavy atom. The Morgan fingerprint density at radius 1 is 1.16 bits per heavy atom. The number of hydrogen-bond acceptors (Lipinski definition) is 7. The molecule has 0 N–H and O–H groups in total. The van der Waals surface area contributed by atoms with Crippen molar-refractivity contribution < 1.29 is 13.9 Å². The first-order valence-corrected chi connectivity index (χ1v) is 8.09. The van der Waals surface area contributed by atoms with Crippen molar-refractivity contribution in [2.45, 2.75) is 6.61 Å². The highest BCUT2D eigenvalue weighted by atomic mass is 16.5. The molecule has 3 aromatic rings. The zero-order chi connectivity index (χ0) is 17.1. The maximum absolute atomic E-state index is 12.6. The molecule has 128 valence electrons. The van der Waals surface area contributed by atoms with Crippen LogP contribution >= 0.6 is 0 Å². The number of nitrogens with zero attached hydrogens (tertiary/aromatic N) is 3. The number of benzene rings is 1. The van der Waals surface area contributed by atoms with Gasteiger partial charge >= 0.3 is 6.01 Å². The molecule has 1 aromatic carbocycles. The highest BCUT2D eigenvalue weighted by Gasteiger charge is 2.18. The number of rotatable bonds is 4. The molecule has 1 saturated heterocycles. The van der Waals surface area contributed by atoms with Gasteiger partial charge in [-0.3, -0.25) is 9.78 Å². The molecule has 0 unspecified atom stereocenters. The van der Waals surface area contributed by atoms with Gasteiger partial charge in [-0.05, 0) is 18.2 Å². The topological polar surface area (TPSA) is 77.7 Å². The number of hydrogen-bond donors (Lipinski definition) is 0. The molecule has 0 spiro atoms. The zero-order valence-electron chi connectivity index (χ0n) is 13.6. The summed E-state index contributed by atoms with van der Waals surface area (Å²) in [6.45, 7) is 2.81. The third-order valence-electron chi connectivity index (χ3n) is 4.00. The maximum atomic E-state index is 12.6. The van der Waals surface area contributed by atoms with Gasteiger partial charge in [-0.25, -0.2) is 0 Å². The first-order chi connectivity index (χ1) is 12.3. The molecule has 1 aliphatic rings. The van der Waals surface area contributed by atoms with Gasteiger partial charge < -0.3 is 18.8 Å². The van der Waals surface area contributed by atoms with E-state index in [2.05, 4.69) is 9.97 Å². The van der Waals surface area contributed by atoms with E-state index < -0.39 is 0 Å². The standard InChI is InChI=1S/C18H17N3O4/c22-17-16-14(24-12-13-3-2-6-19-11-13)4-1-5-15(16)25-18(20-17)21-7-9-23-10-8-21/h1-6,11H,7-10,12H2. The lowest BCUT2D eigenvalue weighted by Crippen LogP contribution is -2.37. The van der Waals surface area contributed by atoms with Crippen molar-refractivity contribution in [2.75, 3.05) is 31.2 Å². The Morgan fingerprint density at radius 2 is 2.04 bits per heavy atom. The van der Waals surface area contributed by atoms with Crippen LogP contribution < -0.4 is 15.2 Å². The second-order valence-electron chi connectivity index (χ2n) is 5.68. The molecule has 2 aromatic heterocycles. The van der Waals surface area contributed by atoms with Crippen molar-refractivity contribution in [3.8, 4) is 5.75 Å². The molecule has 1 fully saturated rings. The lowest BCUT2D eigenvalue weighted by atomic mass is 10.2. The van der Waals surface area contributed by atoms with Gasteiger partial charge in [0.05, 0.1) is 13.2 Å². The number of fused-ring (bicyclic) bond motifs is 1. The van der Waals surface area contributed by atoms with E-state index in [1.807, 2.05) is 17.0 Å². The normalized spacial score (nSPS) is 14.6. The Labute approximate surface area is 143 Å². The molecular weight excluding hydrogens is 322 g/mol. The fraction of sp³-hybridized carbons (Fsp3) is 0.278. The van der Waals surface area contributed by atoms with E-state index in [0.717, 1.165) is 5.56 Å². The monoisotopic (exact) mass is 339 g/mol. The SMILES string of the molecule is O=c1nc(N2CCOCC2)oc2cccc(OCc3cccnc3)c12. The molecule has 25 heavy (non-hydrogen) atoms. The second-order valence-corrected chi connectivity index (χ2v) is 5.68. The van der Waals surface area contributed by atoms with Crippen LogP contribution in [0.4, 0.5) is 6.01 Å². The minimum absolute atomic E-state index is 0.317. The molecule has 0 bridgehead atoms. The summed E-state index contributed by atoms with van der Waals surface area (Å²) in [6, 6.07) is 9.37. The average Bonchev–Trinajstić information content (AvgIpc) is 2.67. The van der Waals surface area contributed by atoms with E-state index in [4.69, 9.17) is 13.9 Å². The van der Waals surface area contributed by atoms with Crippen LogP contribution in [0.5, 0.6) is 5.75 Å². The first kappa shape index (κ1) is 15.6. The van der Waals surface area contributed by atoms with Crippen LogP contribution in [0.1, 0.15) is 5.56 Å². The minimum atomic E-state index is -0.357. The predicted molar refractivity (Wildman–Crippen MR) is 91.9 cm³/mol. The van der Waals surface area contributed by atoms with Gasteiger partial charge in [0.25, 0.3) is 5.56 Å². The molecule has 0 aliphatic carbocycles. The summed E-state index contributed by atoms with van der Waals surface area (Å²) in [7, 11) is 0. The fourth-order valence-electron chi connectivity index (χ4n) is 2.73. The zero-order valence-corrected chi connectivity index (χ0v) is 13.6. The molecule has 1 aliphatic heterocycles. The Balaban J connectivity index is 1.65. The molecule has 4 rings (SSSR count). The lowest BCUT2D eigenvalue weighted by molar-refractivity contribution is 0.120. The van der Waals surface area contributed by atoms with Gasteiger partial charge in [-0.1, -0.05) is 12.1 Å². The quantitative estimate of drug-likeness (QED) is 0.719. The van der Waals surface area contributed by atoms with E-state index >= 15 is 0 Å². The Kier molecular flexibility index (Phi) is 4.30. The smallest absolute Gasteiger partial charge is 0.301 e. The third kappa shape index (κ3) is 3.32. The summed E-state index contributed by atoms with van der Waals surface area (Å²) in [5.74, 6) is 0.455. The number of anilines is 1. The second kappa shape index (κ2) is 6.90. The largest absolute Gasteiger partial charge is 0.488 e. The van der Waals surface area contributed by atoms with Crippen molar-refractivity contribution in [3.63, 3.8) is 0 Å². The molecule has 0 atom stereocenters. The molecule has 7 heteroatoms. The van der Waals surface area contributed by atoms with Crippen LogP contribution in [0.3, 0.4) is 0 Å². The number of aromatic nitrogens is 2. The van der Waals surface area contributed by atoms with E-state index in [1.54, 1.807) is 30.6 Å². The highest BCUT2D eigenvalue weighted by molar-refractivity contribution is 5.83. The molecule has 3 heterocycles. The van der Waals surface area contributed by atoms with Crippen molar-refractivity contribution >= 4 is 17.0 Å². The van der Waals surface area contributed by atoms with Crippen LogP contribution in [0.15, 0.2) is 51.9 Å². The number of ether oxygens (including phenoxy) is 2. The summed E-state index contributed by atoms with van der Waals surface area (Å²) in [4.78, 5) is 22.6. The van der Waals surface area contributed by atoms with E-state index in [1.165, 1.54) is 0 Å². The van der Waals surface area contributed by atoms with Gasteiger partial charge in [0.2, 0.25) is 0 Å². The van der Waals surface area contributed by atoms with Gasteiger partial charge in [-0.2, -0.15) is 4.98 Å². The van der Waals surface area contributed by atoms with Gasteiger partial charge in [0.15, 0.2) is 0 Å². The highest BCUT2D eigenvalue weighted by Crippen LogP contribution is 2.25. The van der Waals surface area contributed by atoms with Crippen LogP contribution in [0, 0.1) is 0 Å². The molecule has 0 radical (unpaired) electrons. The Hall–Kier alpha value is -2.93. The average molecular weight is 339 g/mol. The van der Waals surface area contributed by atoms with Crippen molar-refractivity contribution in [1.29, 1.82) is 0 Å². The predicted octanol–water partition coefficient (Wildman–Crippen LogP) is 2.00. The minimum Gasteiger partial charge on any atom is -0.488 e. The van der Waals surface area contributed by atoms with E-state index in [-0.39, 0.29) is 5.56 Å². The third-order valence-corrected chi connectivity index (χ3v) is 4.00. The fourth-order valence-corrected chi connectivity index (χ4v) is 2.73. The maximum Gasteiger partial charge on any atom is 0.301 e. The van der Waals surface area contributed by atoms with Gasteiger partial charge in [0.1, 0.15) is 23.3 Å². The molecule has 0 saturated carbocycles. The summed E-state index contributed by atoms with van der Waals surface area (Å²) in [6.07, 6.45) is 3.43. The Bertz CT molecular complexity index is 921. The van der Waals surface area contributed by atoms with Crippen molar-refractivity contribution in [3.05, 3.63) is 58.6 Å². The summed E-state index contributed by atoms with van der Waals surface area (Å²) in [5, 5.41) is 0.350. The van der Waals surface area contributed by atoms with Crippen LogP contribution in [-0.2, 0) is 11.3 Å². The molecule has 7 nitrogen and oxygen atoms in total. The van der Waals surface area contributed by atoms with Gasteiger partial charge in [-0.15, -0.1) is 0 Å². The lowest BCUT2D eigenvalue weighted by Gasteiger charge is -2.25. The number of morpholine rings is 1. The van der Waals surface area contributed by atoms with Crippen molar-refractivity contribution in [2.24, 2.45) is 0 Å². The molecular formula is C18H17N3O4. The first-order valence-electron chi connectivity index (χ1n) is 8.09. The van der Waals surface area contributed by atoms with Crippen LogP contribution in [-0.4, -0.2) is 36.3 Å². The summed E-state index contributed by atoms with van der Waals surface area (Å²) in [5.41, 5.74) is 1.02. The molecule has 0 amide bonds. The summed E-state index contributed by atoms with van der Waals surface area (Å²) >= 11 is 0. The summed E-state index contributed by atoms with van der Waals surface area (Å²) < 4.78 is 17.0. The number of pyridine rings is 1. The van der Waals surface area contributed by atoms with Gasteiger partial charge in [0, 0.05) is 31.0 Å². The van der Waals surface area contributed by atoms with E-state index in [9.17, 15) is 4.79 Å². The van der Waals surface area contributed by atoms with Crippen LogP contribution in [0.25, 0.3) is 11.0 Å². The van der Waals surface area contributed by atoms with E-state index in [0.29, 0.717) is 55.6 Å².